The molecular formula is C11H20N2O3. The van der Waals surface area contributed by atoms with E-state index in [1.54, 1.807) is 0 Å². The molecule has 0 saturated heterocycles. The van der Waals surface area contributed by atoms with Crippen molar-refractivity contribution in [3.8, 4) is 0 Å². The fraction of sp³-hybridized carbons (Fsp3) is 0.818. The van der Waals surface area contributed by atoms with Crippen LogP contribution in [0.5, 0.6) is 0 Å². The molecule has 0 radical (unpaired) electrons. The Morgan fingerprint density at radius 3 is 2.12 bits per heavy atom. The van der Waals surface area contributed by atoms with Crippen molar-refractivity contribution >= 4 is 11.9 Å². The van der Waals surface area contributed by atoms with Gasteiger partial charge in [-0.3, -0.25) is 9.59 Å². The van der Waals surface area contributed by atoms with E-state index in [1.165, 1.54) is 4.90 Å². The van der Waals surface area contributed by atoms with Gasteiger partial charge in [0, 0.05) is 12.1 Å². The Bertz CT molecular complexity index is 303. The van der Waals surface area contributed by atoms with Crippen molar-refractivity contribution in [1.29, 1.82) is 0 Å². The maximum atomic E-state index is 12.2. The number of hydrogen-bond donors (Lipinski definition) is 2. The van der Waals surface area contributed by atoms with E-state index in [0.717, 1.165) is 12.8 Å². The first-order valence-corrected chi connectivity index (χ1v) is 5.47. The van der Waals surface area contributed by atoms with E-state index in [2.05, 4.69) is 0 Å². The fourth-order valence-corrected chi connectivity index (χ4v) is 1.69. The molecule has 1 aliphatic carbocycles. The minimum atomic E-state index is -0.990. The summed E-state index contributed by atoms with van der Waals surface area (Å²) in [7, 11) is 0. The Morgan fingerprint density at radius 1 is 1.38 bits per heavy atom. The van der Waals surface area contributed by atoms with Crippen molar-refractivity contribution in [2.45, 2.75) is 39.2 Å². The van der Waals surface area contributed by atoms with Crippen molar-refractivity contribution < 1.29 is 14.7 Å². The molecule has 1 saturated carbocycles. The third-order valence-electron chi connectivity index (χ3n) is 3.05. The molecular weight excluding hydrogens is 208 g/mol. The van der Waals surface area contributed by atoms with Crippen molar-refractivity contribution in [2.24, 2.45) is 11.1 Å². The molecule has 0 spiro atoms. The number of nitrogens with two attached hydrogens (primary N) is 1. The van der Waals surface area contributed by atoms with Gasteiger partial charge < -0.3 is 15.7 Å². The van der Waals surface area contributed by atoms with Crippen LogP contribution in [-0.4, -0.2) is 40.5 Å². The molecule has 1 rings (SSSR count). The van der Waals surface area contributed by atoms with Crippen LogP contribution in [0.2, 0.25) is 0 Å². The maximum absolute atomic E-state index is 12.2. The highest BCUT2D eigenvalue weighted by molar-refractivity contribution is 5.88. The molecule has 3 N–H and O–H groups in total. The monoisotopic (exact) mass is 228 g/mol. The summed E-state index contributed by atoms with van der Waals surface area (Å²) in [5, 5.41) is 8.83. The number of rotatable bonds is 4. The molecule has 0 heterocycles. The number of carbonyl (C=O) groups excluding carboxylic acids is 1. The Kier molecular flexibility index (Phi) is 3.28. The lowest BCUT2D eigenvalue weighted by atomic mass is 9.99. The van der Waals surface area contributed by atoms with Crippen LogP contribution in [0.4, 0.5) is 0 Å². The SMILES string of the molecule is CC(C)(C)N(CC(=O)O)C(=O)C1(CN)CC1. The van der Waals surface area contributed by atoms with Crippen LogP contribution < -0.4 is 5.73 Å². The first-order valence-electron chi connectivity index (χ1n) is 5.47. The minimum absolute atomic E-state index is 0.120. The molecule has 0 unspecified atom stereocenters. The average molecular weight is 228 g/mol. The highest BCUT2D eigenvalue weighted by Gasteiger charge is 2.52. The van der Waals surface area contributed by atoms with Crippen LogP contribution in [0, 0.1) is 5.41 Å². The highest BCUT2D eigenvalue weighted by Crippen LogP contribution is 2.47. The van der Waals surface area contributed by atoms with Crippen LogP contribution in [-0.2, 0) is 9.59 Å². The van der Waals surface area contributed by atoms with Gasteiger partial charge in [0.15, 0.2) is 0 Å². The highest BCUT2D eigenvalue weighted by atomic mass is 16.4. The number of carbonyl (C=O) groups is 2. The second-order valence-electron chi connectivity index (χ2n) is 5.44. The summed E-state index contributed by atoms with van der Waals surface area (Å²) in [6, 6.07) is 0. The normalized spacial score (nSPS) is 18.0. The summed E-state index contributed by atoms with van der Waals surface area (Å²) in [4.78, 5) is 24.4. The molecule has 1 fully saturated rings. The standard InChI is InChI=1S/C11H20N2O3/c1-10(2,3)13(6-8(14)15)9(16)11(7-12)4-5-11/h4-7,12H2,1-3H3,(H,14,15). The van der Waals surface area contributed by atoms with Gasteiger partial charge in [0.05, 0.1) is 5.41 Å². The van der Waals surface area contributed by atoms with Gasteiger partial charge in [-0.25, -0.2) is 0 Å². The molecule has 0 atom stereocenters. The molecule has 92 valence electrons. The zero-order valence-corrected chi connectivity index (χ0v) is 10.1. The number of amides is 1. The van der Waals surface area contributed by atoms with E-state index in [1.807, 2.05) is 20.8 Å². The Labute approximate surface area is 95.6 Å². The van der Waals surface area contributed by atoms with Crippen LogP contribution in [0.3, 0.4) is 0 Å². The summed E-state index contributed by atoms with van der Waals surface area (Å²) in [6.07, 6.45) is 1.54. The molecule has 0 aliphatic heterocycles. The fourth-order valence-electron chi connectivity index (χ4n) is 1.69. The van der Waals surface area contributed by atoms with Gasteiger partial charge in [-0.1, -0.05) is 0 Å². The van der Waals surface area contributed by atoms with E-state index in [4.69, 9.17) is 10.8 Å². The second-order valence-corrected chi connectivity index (χ2v) is 5.44. The van der Waals surface area contributed by atoms with Gasteiger partial charge in [-0.15, -0.1) is 0 Å². The lowest BCUT2D eigenvalue weighted by Crippen LogP contribution is -2.52. The largest absolute Gasteiger partial charge is 0.480 e. The average Bonchev–Trinajstić information content (AvgIpc) is 2.91. The molecule has 0 aromatic heterocycles. The second kappa shape index (κ2) is 4.05. The minimum Gasteiger partial charge on any atom is -0.480 e. The van der Waals surface area contributed by atoms with Gasteiger partial charge in [-0.05, 0) is 33.6 Å². The van der Waals surface area contributed by atoms with E-state index in [0.29, 0.717) is 6.54 Å². The predicted octanol–water partition coefficient (Wildman–Crippen LogP) is 0.437. The molecule has 5 nitrogen and oxygen atoms in total. The summed E-state index contributed by atoms with van der Waals surface area (Å²) in [5.74, 6) is -1.11. The third kappa shape index (κ3) is 2.52. The molecule has 0 aromatic carbocycles. The van der Waals surface area contributed by atoms with Crippen LogP contribution >= 0.6 is 0 Å². The van der Waals surface area contributed by atoms with Gasteiger partial charge in [0.1, 0.15) is 6.54 Å². The smallest absolute Gasteiger partial charge is 0.323 e. The van der Waals surface area contributed by atoms with Gasteiger partial charge in [0.2, 0.25) is 5.91 Å². The molecule has 5 heteroatoms. The number of carboxylic acid groups (broad SMARTS) is 1. The first kappa shape index (κ1) is 13.0. The molecule has 16 heavy (non-hydrogen) atoms. The maximum Gasteiger partial charge on any atom is 0.323 e. The van der Waals surface area contributed by atoms with E-state index in [-0.39, 0.29) is 12.5 Å². The van der Waals surface area contributed by atoms with Crippen LogP contribution in [0.1, 0.15) is 33.6 Å². The summed E-state index contributed by atoms with van der Waals surface area (Å²) in [5.41, 5.74) is 4.62. The zero-order chi connectivity index (χ0) is 12.6. The van der Waals surface area contributed by atoms with Crippen LogP contribution in [0.15, 0.2) is 0 Å². The number of nitrogens with zero attached hydrogens (tertiary/aromatic N) is 1. The van der Waals surface area contributed by atoms with Gasteiger partial charge in [-0.2, -0.15) is 0 Å². The summed E-state index contributed by atoms with van der Waals surface area (Å²) in [6.45, 7) is 5.55. The Balaban J connectivity index is 2.85. The zero-order valence-electron chi connectivity index (χ0n) is 10.1. The van der Waals surface area contributed by atoms with Crippen molar-refractivity contribution in [3.63, 3.8) is 0 Å². The molecule has 1 aliphatic rings. The predicted molar refractivity (Wildman–Crippen MR) is 59.8 cm³/mol. The van der Waals surface area contributed by atoms with E-state index in [9.17, 15) is 9.59 Å². The van der Waals surface area contributed by atoms with Gasteiger partial charge >= 0.3 is 5.97 Å². The van der Waals surface area contributed by atoms with Crippen molar-refractivity contribution in [3.05, 3.63) is 0 Å². The molecule has 0 bridgehead atoms. The van der Waals surface area contributed by atoms with Gasteiger partial charge in [0.25, 0.3) is 0 Å². The Morgan fingerprint density at radius 2 is 1.88 bits per heavy atom. The first-order chi connectivity index (χ1) is 7.23. The lowest BCUT2D eigenvalue weighted by Gasteiger charge is -2.36. The third-order valence-corrected chi connectivity index (χ3v) is 3.05. The summed E-state index contributed by atoms with van der Waals surface area (Å²) >= 11 is 0. The van der Waals surface area contributed by atoms with Crippen molar-refractivity contribution in [2.75, 3.05) is 13.1 Å². The number of aliphatic carboxylic acids is 1. The topological polar surface area (TPSA) is 83.6 Å². The number of hydrogen-bond acceptors (Lipinski definition) is 3. The number of carboxylic acids is 1. The Hall–Kier alpha value is -1.10. The van der Waals surface area contributed by atoms with E-state index < -0.39 is 16.9 Å². The quantitative estimate of drug-likeness (QED) is 0.731. The molecule has 0 aromatic rings. The lowest BCUT2D eigenvalue weighted by molar-refractivity contribution is -0.151. The van der Waals surface area contributed by atoms with Crippen molar-refractivity contribution in [1.82, 2.24) is 4.90 Å². The molecule has 1 amide bonds. The van der Waals surface area contributed by atoms with E-state index >= 15 is 0 Å². The summed E-state index contributed by atoms with van der Waals surface area (Å²) < 4.78 is 0. The van der Waals surface area contributed by atoms with Crippen LogP contribution in [0.25, 0.3) is 0 Å².